The van der Waals surface area contributed by atoms with Crippen molar-refractivity contribution >= 4 is 21.6 Å². The van der Waals surface area contributed by atoms with Crippen LogP contribution in [0.2, 0.25) is 0 Å². The van der Waals surface area contributed by atoms with Crippen molar-refractivity contribution in [3.05, 3.63) is 28.8 Å². The summed E-state index contributed by atoms with van der Waals surface area (Å²) in [7, 11) is 0. The summed E-state index contributed by atoms with van der Waals surface area (Å²) < 4.78 is 38.4. The number of fused-ring (bicyclic) bond motifs is 1. The van der Waals surface area contributed by atoms with Gasteiger partial charge in [-0.3, -0.25) is 0 Å². The first kappa shape index (κ1) is 13.3. The number of thiazole rings is 1. The number of rotatable bonds is 4. The third kappa shape index (κ3) is 3.00. The van der Waals surface area contributed by atoms with Gasteiger partial charge in [0.05, 0.1) is 20.8 Å². The molecule has 0 spiro atoms. The van der Waals surface area contributed by atoms with Crippen molar-refractivity contribution in [2.24, 2.45) is 0 Å². The first-order chi connectivity index (χ1) is 8.50. The fraction of sp³-hybridized carbons (Fsp3) is 0.417. The summed E-state index contributed by atoms with van der Waals surface area (Å²) in [6, 6.07) is 3.71. The van der Waals surface area contributed by atoms with E-state index >= 15 is 0 Å². The lowest BCUT2D eigenvalue weighted by Crippen LogP contribution is -2.15. The molecule has 0 aliphatic carbocycles. The van der Waals surface area contributed by atoms with E-state index < -0.39 is 11.7 Å². The smallest absolute Gasteiger partial charge is 0.317 e. The standard InChI is InChI=1S/C12H13F3N2S/c1-2-16-6-5-11-17-9-7-8(12(13,14)15)3-4-10(9)18-11/h3-4,7,16H,2,5-6H2,1H3. The van der Waals surface area contributed by atoms with E-state index in [2.05, 4.69) is 10.3 Å². The van der Waals surface area contributed by atoms with Gasteiger partial charge in [-0.15, -0.1) is 11.3 Å². The van der Waals surface area contributed by atoms with Crippen LogP contribution in [0.4, 0.5) is 13.2 Å². The highest BCUT2D eigenvalue weighted by atomic mass is 32.1. The first-order valence-corrected chi connectivity index (χ1v) is 6.49. The van der Waals surface area contributed by atoms with Gasteiger partial charge in [0.2, 0.25) is 0 Å². The van der Waals surface area contributed by atoms with E-state index in [9.17, 15) is 13.2 Å². The minimum atomic E-state index is -4.30. The van der Waals surface area contributed by atoms with Crippen LogP contribution in [0.15, 0.2) is 18.2 Å². The molecule has 0 aliphatic heterocycles. The van der Waals surface area contributed by atoms with E-state index in [1.807, 2.05) is 6.92 Å². The molecule has 1 aromatic carbocycles. The minimum Gasteiger partial charge on any atom is -0.317 e. The zero-order chi connectivity index (χ0) is 13.2. The number of hydrogen-bond acceptors (Lipinski definition) is 3. The van der Waals surface area contributed by atoms with Gasteiger partial charge in [-0.2, -0.15) is 13.2 Å². The summed E-state index contributed by atoms with van der Waals surface area (Å²) in [6.07, 6.45) is -3.56. The average molecular weight is 274 g/mol. The predicted octanol–water partition coefficient (Wildman–Crippen LogP) is 3.47. The molecule has 0 aliphatic rings. The Morgan fingerprint density at radius 1 is 1.33 bits per heavy atom. The van der Waals surface area contributed by atoms with Gasteiger partial charge in [-0.1, -0.05) is 6.92 Å². The molecular formula is C12H13F3N2S. The Bertz CT molecular complexity index is 534. The summed E-state index contributed by atoms with van der Waals surface area (Å²) in [4.78, 5) is 4.24. The van der Waals surface area contributed by atoms with Gasteiger partial charge in [0.15, 0.2) is 0 Å². The number of hydrogen-bond donors (Lipinski definition) is 1. The number of alkyl halides is 3. The van der Waals surface area contributed by atoms with Crippen molar-refractivity contribution in [3.63, 3.8) is 0 Å². The number of nitrogens with one attached hydrogen (secondary N) is 1. The molecular weight excluding hydrogens is 261 g/mol. The van der Waals surface area contributed by atoms with Crippen molar-refractivity contribution in [2.45, 2.75) is 19.5 Å². The van der Waals surface area contributed by atoms with Crippen LogP contribution in [0.1, 0.15) is 17.5 Å². The molecule has 1 heterocycles. The maximum Gasteiger partial charge on any atom is 0.416 e. The highest BCUT2D eigenvalue weighted by molar-refractivity contribution is 7.18. The van der Waals surface area contributed by atoms with Crippen molar-refractivity contribution in [2.75, 3.05) is 13.1 Å². The van der Waals surface area contributed by atoms with Crippen LogP contribution in [0, 0.1) is 0 Å². The van der Waals surface area contributed by atoms with Gasteiger partial charge in [0.1, 0.15) is 0 Å². The molecule has 6 heteroatoms. The fourth-order valence-corrected chi connectivity index (χ4v) is 2.58. The van der Waals surface area contributed by atoms with Crippen LogP contribution in [0.25, 0.3) is 10.2 Å². The van der Waals surface area contributed by atoms with Crippen molar-refractivity contribution in [1.82, 2.24) is 10.3 Å². The molecule has 0 unspecified atom stereocenters. The molecule has 98 valence electrons. The van der Waals surface area contributed by atoms with Crippen LogP contribution < -0.4 is 5.32 Å². The second kappa shape index (κ2) is 5.24. The highest BCUT2D eigenvalue weighted by Gasteiger charge is 2.30. The monoisotopic (exact) mass is 274 g/mol. The Morgan fingerprint density at radius 2 is 2.11 bits per heavy atom. The molecule has 0 radical (unpaired) electrons. The Morgan fingerprint density at radius 3 is 2.78 bits per heavy atom. The molecule has 0 saturated carbocycles. The topological polar surface area (TPSA) is 24.9 Å². The lowest BCUT2D eigenvalue weighted by molar-refractivity contribution is -0.137. The second-order valence-electron chi connectivity index (χ2n) is 3.89. The van der Waals surface area contributed by atoms with Gasteiger partial charge >= 0.3 is 6.18 Å². The molecule has 2 nitrogen and oxygen atoms in total. The molecule has 0 fully saturated rings. The van der Waals surface area contributed by atoms with Crippen molar-refractivity contribution < 1.29 is 13.2 Å². The van der Waals surface area contributed by atoms with Crippen LogP contribution in [0.5, 0.6) is 0 Å². The van der Waals surface area contributed by atoms with E-state index in [0.717, 1.165) is 41.4 Å². The molecule has 18 heavy (non-hydrogen) atoms. The first-order valence-electron chi connectivity index (χ1n) is 5.68. The Kier molecular flexibility index (Phi) is 3.87. The molecule has 2 rings (SSSR count). The third-order valence-corrected chi connectivity index (χ3v) is 3.62. The van der Waals surface area contributed by atoms with Gasteiger partial charge in [0, 0.05) is 13.0 Å². The van der Waals surface area contributed by atoms with Gasteiger partial charge < -0.3 is 5.32 Å². The molecule has 1 aromatic heterocycles. The highest BCUT2D eigenvalue weighted by Crippen LogP contribution is 2.32. The van der Waals surface area contributed by atoms with Crippen LogP contribution >= 0.6 is 11.3 Å². The fourth-order valence-electron chi connectivity index (χ4n) is 1.63. The van der Waals surface area contributed by atoms with Gasteiger partial charge in [-0.05, 0) is 24.7 Å². The Balaban J connectivity index is 2.23. The van der Waals surface area contributed by atoms with Gasteiger partial charge in [-0.25, -0.2) is 4.98 Å². The van der Waals surface area contributed by atoms with E-state index in [0.29, 0.717) is 5.52 Å². The Labute approximate surface area is 107 Å². The molecule has 1 N–H and O–H groups in total. The van der Waals surface area contributed by atoms with E-state index in [-0.39, 0.29) is 0 Å². The van der Waals surface area contributed by atoms with E-state index in [1.54, 1.807) is 0 Å². The molecule has 0 atom stereocenters. The molecule has 0 saturated heterocycles. The predicted molar refractivity (Wildman–Crippen MR) is 66.9 cm³/mol. The van der Waals surface area contributed by atoms with Crippen molar-refractivity contribution in [1.29, 1.82) is 0 Å². The van der Waals surface area contributed by atoms with E-state index in [1.165, 1.54) is 17.4 Å². The number of halogens is 3. The lowest BCUT2D eigenvalue weighted by atomic mass is 10.2. The maximum absolute atomic E-state index is 12.5. The largest absolute Gasteiger partial charge is 0.416 e. The van der Waals surface area contributed by atoms with Crippen LogP contribution in [-0.2, 0) is 12.6 Å². The van der Waals surface area contributed by atoms with Crippen LogP contribution in [-0.4, -0.2) is 18.1 Å². The summed E-state index contributed by atoms with van der Waals surface area (Å²) in [5.74, 6) is 0. The maximum atomic E-state index is 12.5. The summed E-state index contributed by atoms with van der Waals surface area (Å²) in [5.41, 5.74) is -0.208. The third-order valence-electron chi connectivity index (χ3n) is 2.52. The van der Waals surface area contributed by atoms with E-state index in [4.69, 9.17) is 0 Å². The quantitative estimate of drug-likeness (QED) is 0.864. The van der Waals surface area contributed by atoms with Crippen molar-refractivity contribution in [3.8, 4) is 0 Å². The Hall–Kier alpha value is -1.14. The number of nitrogens with zero attached hydrogens (tertiary/aromatic N) is 1. The molecule has 0 bridgehead atoms. The molecule has 2 aromatic rings. The van der Waals surface area contributed by atoms with Crippen LogP contribution in [0.3, 0.4) is 0 Å². The summed E-state index contributed by atoms with van der Waals surface area (Å²) in [6.45, 7) is 3.68. The summed E-state index contributed by atoms with van der Waals surface area (Å²) in [5, 5.41) is 4.03. The number of likely N-dealkylation sites (N-methyl/N-ethyl adjacent to an activating group) is 1. The lowest BCUT2D eigenvalue weighted by Gasteiger charge is -2.04. The second-order valence-corrected chi connectivity index (χ2v) is 5.01. The minimum absolute atomic E-state index is 0.432. The molecule has 0 amide bonds. The number of benzene rings is 1. The summed E-state index contributed by atoms with van der Waals surface area (Å²) >= 11 is 1.45. The SMILES string of the molecule is CCNCCc1nc2cc(C(F)(F)F)ccc2s1. The average Bonchev–Trinajstić information content (AvgIpc) is 2.69. The zero-order valence-electron chi connectivity index (χ0n) is 9.84. The normalized spacial score (nSPS) is 12.2. The zero-order valence-corrected chi connectivity index (χ0v) is 10.7. The van der Waals surface area contributed by atoms with Gasteiger partial charge in [0.25, 0.3) is 0 Å². The number of aromatic nitrogens is 1.